The maximum absolute atomic E-state index is 12.7. The standard InChI is InChI=1S/C22H29N5O4/c1-25-16-18(21(24-25)31-2)22(30)27-14-12-26(13-15-27)11-10-23-20(29)9-8-19(28)17-6-4-3-5-7-17/h3-7,16H,8-15H2,1-2H3,(H,23,29). The van der Waals surface area contributed by atoms with E-state index in [1.807, 2.05) is 18.2 Å². The van der Waals surface area contributed by atoms with Crippen molar-refractivity contribution in [3.05, 3.63) is 47.7 Å². The van der Waals surface area contributed by atoms with Crippen molar-refractivity contribution in [1.82, 2.24) is 24.9 Å². The van der Waals surface area contributed by atoms with Gasteiger partial charge in [-0.1, -0.05) is 30.3 Å². The molecule has 2 heterocycles. The van der Waals surface area contributed by atoms with Gasteiger partial charge in [-0.2, -0.15) is 0 Å². The lowest BCUT2D eigenvalue weighted by Gasteiger charge is -2.34. The first-order chi connectivity index (χ1) is 15.0. The van der Waals surface area contributed by atoms with E-state index in [-0.39, 0.29) is 30.4 Å². The summed E-state index contributed by atoms with van der Waals surface area (Å²) in [7, 11) is 3.26. The van der Waals surface area contributed by atoms with E-state index >= 15 is 0 Å². The molecule has 0 aliphatic carbocycles. The Bertz CT molecular complexity index is 904. The average Bonchev–Trinajstić information content (AvgIpc) is 3.18. The summed E-state index contributed by atoms with van der Waals surface area (Å²) in [6, 6.07) is 9.00. The second kappa shape index (κ2) is 10.7. The van der Waals surface area contributed by atoms with Crippen LogP contribution in [0.5, 0.6) is 5.88 Å². The Kier molecular flexibility index (Phi) is 7.77. The van der Waals surface area contributed by atoms with Crippen LogP contribution in [-0.2, 0) is 11.8 Å². The van der Waals surface area contributed by atoms with Gasteiger partial charge in [0.05, 0.1) is 7.11 Å². The fraction of sp³-hybridized carbons (Fsp3) is 0.455. The Morgan fingerprint density at radius 2 is 1.77 bits per heavy atom. The molecule has 0 atom stereocenters. The highest BCUT2D eigenvalue weighted by atomic mass is 16.5. The van der Waals surface area contributed by atoms with Crippen molar-refractivity contribution in [1.29, 1.82) is 0 Å². The smallest absolute Gasteiger partial charge is 0.261 e. The lowest BCUT2D eigenvalue weighted by molar-refractivity contribution is -0.121. The van der Waals surface area contributed by atoms with E-state index in [9.17, 15) is 14.4 Å². The molecule has 1 aliphatic heterocycles. The van der Waals surface area contributed by atoms with E-state index in [0.717, 1.165) is 13.1 Å². The Labute approximate surface area is 182 Å². The van der Waals surface area contributed by atoms with E-state index in [4.69, 9.17) is 4.74 Å². The molecule has 0 radical (unpaired) electrons. The molecular weight excluding hydrogens is 398 g/mol. The number of amides is 2. The molecule has 0 saturated carbocycles. The molecule has 3 rings (SSSR count). The maximum atomic E-state index is 12.7. The van der Waals surface area contributed by atoms with Crippen molar-refractivity contribution in [2.24, 2.45) is 7.05 Å². The number of aryl methyl sites for hydroxylation is 1. The summed E-state index contributed by atoms with van der Waals surface area (Å²) in [5.41, 5.74) is 1.10. The van der Waals surface area contributed by atoms with E-state index in [1.54, 1.807) is 35.0 Å². The Morgan fingerprint density at radius 1 is 1.06 bits per heavy atom. The van der Waals surface area contributed by atoms with Gasteiger partial charge in [0, 0.05) is 70.9 Å². The molecule has 0 unspecified atom stereocenters. The van der Waals surface area contributed by atoms with Gasteiger partial charge < -0.3 is 15.0 Å². The zero-order valence-corrected chi connectivity index (χ0v) is 18.0. The molecule has 9 nitrogen and oxygen atoms in total. The summed E-state index contributed by atoms with van der Waals surface area (Å²) in [5, 5.41) is 7.01. The number of ketones is 1. The molecule has 2 amide bonds. The van der Waals surface area contributed by atoms with Gasteiger partial charge in [-0.3, -0.25) is 24.0 Å². The highest BCUT2D eigenvalue weighted by Gasteiger charge is 2.26. The van der Waals surface area contributed by atoms with E-state index < -0.39 is 0 Å². The first-order valence-corrected chi connectivity index (χ1v) is 10.4. The highest BCUT2D eigenvalue weighted by molar-refractivity contribution is 5.98. The minimum absolute atomic E-state index is 0.0261. The first kappa shape index (κ1) is 22.5. The number of Topliss-reactive ketones (excluding diaryl/α,β-unsaturated/α-hetero) is 1. The number of hydrogen-bond donors (Lipinski definition) is 1. The van der Waals surface area contributed by atoms with Crippen molar-refractivity contribution in [3.63, 3.8) is 0 Å². The second-order valence-corrected chi connectivity index (χ2v) is 7.50. The molecule has 9 heteroatoms. The average molecular weight is 428 g/mol. The molecular formula is C22H29N5O4. The molecule has 1 N–H and O–H groups in total. The number of ether oxygens (including phenoxy) is 1. The zero-order chi connectivity index (χ0) is 22.2. The molecule has 166 valence electrons. The van der Waals surface area contributed by atoms with Crippen LogP contribution >= 0.6 is 0 Å². The van der Waals surface area contributed by atoms with Crippen LogP contribution in [0.25, 0.3) is 0 Å². The predicted octanol–water partition coefficient (Wildman–Crippen LogP) is 0.966. The summed E-state index contributed by atoms with van der Waals surface area (Å²) >= 11 is 0. The molecule has 1 aromatic heterocycles. The van der Waals surface area contributed by atoms with Crippen LogP contribution in [0, 0.1) is 0 Å². The molecule has 0 spiro atoms. The Morgan fingerprint density at radius 3 is 2.45 bits per heavy atom. The van der Waals surface area contributed by atoms with Gasteiger partial charge in [0.15, 0.2) is 5.78 Å². The Hall–Kier alpha value is -3.20. The summed E-state index contributed by atoms with van der Waals surface area (Å²) in [6.07, 6.45) is 2.06. The van der Waals surface area contributed by atoms with Gasteiger partial charge in [0.2, 0.25) is 11.8 Å². The number of hydrogen-bond acceptors (Lipinski definition) is 6. The monoisotopic (exact) mass is 427 g/mol. The number of carbonyl (C=O) groups is 3. The third kappa shape index (κ3) is 6.14. The minimum atomic E-state index is -0.123. The van der Waals surface area contributed by atoms with Gasteiger partial charge in [-0.05, 0) is 0 Å². The third-order valence-electron chi connectivity index (χ3n) is 5.30. The minimum Gasteiger partial charge on any atom is -0.479 e. The number of carbonyl (C=O) groups excluding carboxylic acids is 3. The van der Waals surface area contributed by atoms with Gasteiger partial charge in [-0.15, -0.1) is 5.10 Å². The fourth-order valence-corrected chi connectivity index (χ4v) is 3.55. The number of aromatic nitrogens is 2. The lowest BCUT2D eigenvalue weighted by atomic mass is 10.1. The van der Waals surface area contributed by atoms with Gasteiger partial charge in [-0.25, -0.2) is 0 Å². The first-order valence-electron chi connectivity index (χ1n) is 10.4. The summed E-state index contributed by atoms with van der Waals surface area (Å²) < 4.78 is 6.75. The van der Waals surface area contributed by atoms with Crippen LogP contribution in [-0.4, -0.2) is 83.6 Å². The van der Waals surface area contributed by atoms with Crippen LogP contribution in [0.3, 0.4) is 0 Å². The molecule has 1 aliphatic rings. The third-order valence-corrected chi connectivity index (χ3v) is 5.30. The van der Waals surface area contributed by atoms with Crippen molar-refractivity contribution in [2.75, 3.05) is 46.4 Å². The lowest BCUT2D eigenvalue weighted by Crippen LogP contribution is -2.50. The predicted molar refractivity (Wildman–Crippen MR) is 115 cm³/mol. The molecule has 2 aromatic rings. The maximum Gasteiger partial charge on any atom is 0.261 e. The van der Waals surface area contributed by atoms with Gasteiger partial charge >= 0.3 is 0 Å². The van der Waals surface area contributed by atoms with Crippen LogP contribution in [0.4, 0.5) is 0 Å². The topological polar surface area (TPSA) is 96.8 Å². The number of rotatable bonds is 9. The molecule has 0 bridgehead atoms. The van der Waals surface area contributed by atoms with E-state index in [0.29, 0.717) is 43.2 Å². The molecule has 1 fully saturated rings. The van der Waals surface area contributed by atoms with Crippen molar-refractivity contribution in [2.45, 2.75) is 12.8 Å². The number of methoxy groups -OCH3 is 1. The van der Waals surface area contributed by atoms with Crippen LogP contribution in [0.1, 0.15) is 33.6 Å². The van der Waals surface area contributed by atoms with Crippen molar-refractivity contribution in [3.8, 4) is 5.88 Å². The number of nitrogens with zero attached hydrogens (tertiary/aromatic N) is 4. The van der Waals surface area contributed by atoms with Crippen molar-refractivity contribution < 1.29 is 19.1 Å². The van der Waals surface area contributed by atoms with Crippen LogP contribution < -0.4 is 10.1 Å². The molecule has 1 saturated heterocycles. The fourth-order valence-electron chi connectivity index (χ4n) is 3.55. The van der Waals surface area contributed by atoms with Crippen molar-refractivity contribution >= 4 is 17.6 Å². The van der Waals surface area contributed by atoms with Crippen LogP contribution in [0.15, 0.2) is 36.5 Å². The zero-order valence-electron chi connectivity index (χ0n) is 18.0. The number of benzene rings is 1. The molecule has 1 aromatic carbocycles. The number of piperazine rings is 1. The summed E-state index contributed by atoms with van der Waals surface area (Å²) in [4.78, 5) is 40.8. The van der Waals surface area contributed by atoms with Crippen LogP contribution in [0.2, 0.25) is 0 Å². The summed E-state index contributed by atoms with van der Waals surface area (Å²) in [5.74, 6) is 0.105. The van der Waals surface area contributed by atoms with Gasteiger partial charge in [0.25, 0.3) is 5.91 Å². The van der Waals surface area contributed by atoms with Gasteiger partial charge in [0.1, 0.15) is 5.56 Å². The van der Waals surface area contributed by atoms with E-state index in [1.165, 1.54) is 7.11 Å². The SMILES string of the molecule is COc1nn(C)cc1C(=O)N1CCN(CCNC(=O)CCC(=O)c2ccccc2)CC1. The molecule has 31 heavy (non-hydrogen) atoms. The Balaban J connectivity index is 1.34. The largest absolute Gasteiger partial charge is 0.479 e. The van der Waals surface area contributed by atoms with E-state index in [2.05, 4.69) is 15.3 Å². The second-order valence-electron chi connectivity index (χ2n) is 7.50. The normalized spacial score (nSPS) is 14.3. The highest BCUT2D eigenvalue weighted by Crippen LogP contribution is 2.18. The number of nitrogens with one attached hydrogen (secondary N) is 1. The quantitative estimate of drug-likeness (QED) is 0.599. The summed E-state index contributed by atoms with van der Waals surface area (Å²) in [6.45, 7) is 3.90.